The van der Waals surface area contributed by atoms with Crippen LogP contribution in [-0.2, 0) is 0 Å². The second-order valence-electron chi connectivity index (χ2n) is 9.24. The van der Waals surface area contributed by atoms with Gasteiger partial charge in [-0.2, -0.15) is 5.10 Å². The monoisotopic (exact) mass is 568 g/mol. The number of pyridine rings is 1. The van der Waals surface area contributed by atoms with Crippen molar-refractivity contribution in [3.8, 4) is 16.9 Å². The Morgan fingerprint density at radius 1 is 1.05 bits per heavy atom. The van der Waals surface area contributed by atoms with E-state index in [-0.39, 0.29) is 45.8 Å². The number of amides is 2. The molecule has 0 bridgehead atoms. The first-order chi connectivity index (χ1) is 19.3. The Morgan fingerprint density at radius 3 is 2.60 bits per heavy atom. The highest BCUT2D eigenvalue weighted by Crippen LogP contribution is 2.30. The van der Waals surface area contributed by atoms with E-state index < -0.39 is 29.6 Å². The maximum Gasteiger partial charge on any atom is 0.271 e. The van der Waals surface area contributed by atoms with Crippen LogP contribution in [0, 0.1) is 17.6 Å². The molecule has 3 heterocycles. The smallest absolute Gasteiger partial charge is 0.271 e. The summed E-state index contributed by atoms with van der Waals surface area (Å²) in [5, 5.41) is 12.6. The average Bonchev–Trinajstić information content (AvgIpc) is 3.37. The molecule has 5 rings (SSSR count). The number of carbonyl (C=O) groups excluding carboxylic acids is 2. The Hall–Kier alpha value is -4.22. The van der Waals surface area contributed by atoms with Gasteiger partial charge < -0.3 is 16.0 Å². The summed E-state index contributed by atoms with van der Waals surface area (Å²) in [5.41, 5.74) is -0.137. The fourth-order valence-corrected chi connectivity index (χ4v) is 4.66. The van der Waals surface area contributed by atoms with Gasteiger partial charge in [-0.25, -0.2) is 17.9 Å². The van der Waals surface area contributed by atoms with Crippen LogP contribution < -0.4 is 16.0 Å². The van der Waals surface area contributed by atoms with Crippen LogP contribution in [0.25, 0.3) is 16.9 Å². The number of alkyl halides is 1. The van der Waals surface area contributed by atoms with Crippen molar-refractivity contribution < 1.29 is 22.8 Å². The standard InChI is InChI=1S/C28H24ClF3N6O2/c29-20-12-23(32)19(26-22(31)7-4-9-34-26)11-18(20)27(39)36-25-13-24(37-38(25)17-5-2-1-3-6-17)28(40)35-15-16-14-33-10-8-21(16)30/h1-7,9,11-13,16,21,33H,8,10,14-15H2,(H,35,40)(H,36,39). The lowest BCUT2D eigenvalue weighted by molar-refractivity contribution is 0.0922. The molecule has 8 nitrogen and oxygen atoms in total. The summed E-state index contributed by atoms with van der Waals surface area (Å²) >= 11 is 6.19. The van der Waals surface area contributed by atoms with Crippen molar-refractivity contribution in [3.63, 3.8) is 0 Å². The molecule has 12 heteroatoms. The Balaban J connectivity index is 1.43. The van der Waals surface area contributed by atoms with Crippen molar-refractivity contribution >= 4 is 29.2 Å². The van der Waals surface area contributed by atoms with Gasteiger partial charge in [-0.1, -0.05) is 29.8 Å². The van der Waals surface area contributed by atoms with Crippen molar-refractivity contribution in [3.05, 3.63) is 94.8 Å². The van der Waals surface area contributed by atoms with Crippen molar-refractivity contribution in [1.29, 1.82) is 0 Å². The molecule has 2 aromatic carbocycles. The minimum atomic E-state index is -1.02. The number of hydrogen-bond donors (Lipinski definition) is 3. The first-order valence-corrected chi connectivity index (χ1v) is 12.9. The lowest BCUT2D eigenvalue weighted by Crippen LogP contribution is -2.44. The predicted octanol–water partition coefficient (Wildman–Crippen LogP) is 4.80. The van der Waals surface area contributed by atoms with Gasteiger partial charge in [0, 0.05) is 36.8 Å². The van der Waals surface area contributed by atoms with E-state index >= 15 is 0 Å². The number of carbonyl (C=O) groups is 2. The molecule has 1 saturated heterocycles. The fourth-order valence-electron chi connectivity index (χ4n) is 4.42. The number of nitrogens with one attached hydrogen (secondary N) is 3. The molecule has 40 heavy (non-hydrogen) atoms. The summed E-state index contributed by atoms with van der Waals surface area (Å²) in [6.45, 7) is 1.15. The lowest BCUT2D eigenvalue weighted by atomic mass is 9.97. The Labute approximate surface area is 232 Å². The number of hydrogen-bond acceptors (Lipinski definition) is 5. The first-order valence-electron chi connectivity index (χ1n) is 12.5. The van der Waals surface area contributed by atoms with Crippen LogP contribution in [0.2, 0.25) is 5.02 Å². The number of halogens is 4. The average molecular weight is 569 g/mol. The fraction of sp³-hybridized carbons (Fsp3) is 0.214. The molecule has 4 aromatic rings. The van der Waals surface area contributed by atoms with E-state index in [4.69, 9.17) is 11.6 Å². The highest BCUT2D eigenvalue weighted by atomic mass is 35.5. The summed E-state index contributed by atoms with van der Waals surface area (Å²) in [5.74, 6) is -3.16. The molecule has 3 N–H and O–H groups in total. The van der Waals surface area contributed by atoms with E-state index in [1.165, 1.54) is 23.0 Å². The number of piperidine rings is 1. The van der Waals surface area contributed by atoms with Crippen molar-refractivity contribution in [2.24, 2.45) is 5.92 Å². The molecule has 2 unspecified atom stereocenters. The largest absolute Gasteiger partial charge is 0.350 e. The number of benzene rings is 2. The third-order valence-corrected chi connectivity index (χ3v) is 6.85. The number of nitrogens with zero attached hydrogens (tertiary/aromatic N) is 3. The zero-order chi connectivity index (χ0) is 28.2. The van der Waals surface area contributed by atoms with Crippen LogP contribution in [0.3, 0.4) is 0 Å². The van der Waals surface area contributed by atoms with Crippen molar-refractivity contribution in [1.82, 2.24) is 25.4 Å². The molecule has 1 fully saturated rings. The van der Waals surface area contributed by atoms with Gasteiger partial charge in [-0.3, -0.25) is 14.6 Å². The second kappa shape index (κ2) is 11.9. The molecule has 0 radical (unpaired) electrons. The van der Waals surface area contributed by atoms with Crippen LogP contribution in [0.15, 0.2) is 66.9 Å². The maximum absolute atomic E-state index is 14.7. The third kappa shape index (κ3) is 5.85. The molecule has 0 aliphatic carbocycles. The normalized spacial score (nSPS) is 16.9. The highest BCUT2D eigenvalue weighted by molar-refractivity contribution is 6.34. The number of anilines is 1. The first kappa shape index (κ1) is 27.4. The van der Waals surface area contributed by atoms with E-state index in [1.54, 1.807) is 30.3 Å². The predicted molar refractivity (Wildman–Crippen MR) is 144 cm³/mol. The summed E-state index contributed by atoms with van der Waals surface area (Å²) in [7, 11) is 0. The molecule has 0 spiro atoms. The summed E-state index contributed by atoms with van der Waals surface area (Å²) in [6.07, 6.45) is 0.651. The zero-order valence-electron chi connectivity index (χ0n) is 21.0. The molecule has 2 amide bonds. The van der Waals surface area contributed by atoms with Gasteiger partial charge in [0.1, 0.15) is 29.3 Å². The number of rotatable bonds is 7. The van der Waals surface area contributed by atoms with Gasteiger partial charge >= 0.3 is 0 Å². The van der Waals surface area contributed by atoms with E-state index in [0.29, 0.717) is 25.2 Å². The number of aromatic nitrogens is 3. The number of para-hydroxylation sites is 1. The molecule has 0 saturated carbocycles. The molecular weight excluding hydrogens is 545 g/mol. The molecule has 2 atom stereocenters. The molecule has 2 aromatic heterocycles. The topological polar surface area (TPSA) is 101 Å². The molecule has 1 aliphatic rings. The Morgan fingerprint density at radius 2 is 1.85 bits per heavy atom. The van der Waals surface area contributed by atoms with Gasteiger partial charge in [-0.05, 0) is 49.4 Å². The second-order valence-corrected chi connectivity index (χ2v) is 9.65. The summed E-state index contributed by atoms with van der Waals surface area (Å²) in [6, 6.07) is 14.6. The van der Waals surface area contributed by atoms with E-state index in [1.807, 2.05) is 0 Å². The van der Waals surface area contributed by atoms with Crippen LogP contribution in [-0.4, -0.2) is 52.4 Å². The molecule has 206 valence electrons. The van der Waals surface area contributed by atoms with Crippen molar-refractivity contribution in [2.45, 2.75) is 12.6 Å². The SMILES string of the molecule is O=C(NCC1CNCCC1F)c1cc(NC(=O)c2cc(-c3ncccc3F)c(F)cc2Cl)n(-c2ccccc2)n1. The highest BCUT2D eigenvalue weighted by Gasteiger charge is 2.26. The summed E-state index contributed by atoms with van der Waals surface area (Å²) in [4.78, 5) is 30.1. The minimum Gasteiger partial charge on any atom is -0.350 e. The van der Waals surface area contributed by atoms with E-state index in [2.05, 4.69) is 26.0 Å². The minimum absolute atomic E-state index is 0.0141. The van der Waals surface area contributed by atoms with Gasteiger partial charge in [0.2, 0.25) is 0 Å². The van der Waals surface area contributed by atoms with Crippen molar-refractivity contribution in [2.75, 3.05) is 25.0 Å². The summed E-state index contributed by atoms with van der Waals surface area (Å²) < 4.78 is 44.6. The molecule has 1 aliphatic heterocycles. The van der Waals surface area contributed by atoms with Gasteiger partial charge in [0.05, 0.1) is 16.3 Å². The van der Waals surface area contributed by atoms with E-state index in [9.17, 15) is 22.8 Å². The van der Waals surface area contributed by atoms with Crippen LogP contribution in [0.5, 0.6) is 0 Å². The van der Waals surface area contributed by atoms with Crippen LogP contribution in [0.1, 0.15) is 27.3 Å². The van der Waals surface area contributed by atoms with Gasteiger partial charge in [0.15, 0.2) is 5.69 Å². The van der Waals surface area contributed by atoms with Crippen LogP contribution >= 0.6 is 11.6 Å². The zero-order valence-corrected chi connectivity index (χ0v) is 21.8. The van der Waals surface area contributed by atoms with E-state index in [0.717, 1.165) is 18.2 Å². The lowest BCUT2D eigenvalue weighted by Gasteiger charge is -2.26. The molecular formula is C28H24ClF3N6O2. The van der Waals surface area contributed by atoms with Gasteiger partial charge in [0.25, 0.3) is 11.8 Å². The maximum atomic E-state index is 14.7. The Bertz CT molecular complexity index is 1550. The third-order valence-electron chi connectivity index (χ3n) is 6.54. The van der Waals surface area contributed by atoms with Crippen LogP contribution in [0.4, 0.5) is 19.0 Å². The quantitative estimate of drug-likeness (QED) is 0.297. The van der Waals surface area contributed by atoms with Gasteiger partial charge in [-0.15, -0.1) is 0 Å². The Kier molecular flexibility index (Phi) is 8.13.